The van der Waals surface area contributed by atoms with E-state index < -0.39 is 195 Å². The number of alkyl halides is 24. The highest BCUT2D eigenvalue weighted by Gasteiger charge is 2.47. The summed E-state index contributed by atoms with van der Waals surface area (Å²) in [6.07, 6.45) is -53.0. The molecule has 0 aliphatic heterocycles. The molecule has 0 unspecified atom stereocenters. The smallest absolute Gasteiger partial charge is 0.287 e. The summed E-state index contributed by atoms with van der Waals surface area (Å²) in [5, 5.41) is 1.81. The Labute approximate surface area is 456 Å². The van der Waals surface area contributed by atoms with Gasteiger partial charge in [0.25, 0.3) is 11.5 Å². The molecule has 0 radical (unpaired) electrons. The van der Waals surface area contributed by atoms with Gasteiger partial charge in [0.15, 0.2) is 6.20 Å². The highest BCUT2D eigenvalue weighted by atomic mass is 19.4. The van der Waals surface area contributed by atoms with Gasteiger partial charge in [-0.2, -0.15) is 132 Å². The number of benzene rings is 7. The maximum absolute atomic E-state index is 14.2. The van der Waals surface area contributed by atoms with Crippen molar-refractivity contribution in [2.24, 2.45) is 0 Å². The largest absolute Gasteiger partial charge is 0.416 e. The van der Waals surface area contributed by atoms with Crippen LogP contribution in [0, 0.1) is 0 Å². The van der Waals surface area contributed by atoms with Crippen molar-refractivity contribution < 1.29 is 120 Å². The van der Waals surface area contributed by atoms with Gasteiger partial charge in [-0.15, -0.1) is 0 Å². The van der Waals surface area contributed by atoms with Crippen molar-refractivity contribution in [3.8, 4) is 0 Å². The molecule has 28 heteroatoms. The first-order valence-corrected chi connectivity index (χ1v) is 23.4. The van der Waals surface area contributed by atoms with Gasteiger partial charge in [-0.25, -0.2) is 0 Å². The van der Waals surface area contributed by atoms with Crippen molar-refractivity contribution in [1.29, 1.82) is 0 Å². The van der Waals surface area contributed by atoms with Crippen LogP contribution in [0.3, 0.4) is 0 Å². The average molecular weight is 1220 g/mol. The zero-order valence-electron chi connectivity index (χ0n) is 41.3. The fourth-order valence-corrected chi connectivity index (χ4v) is 9.31. The summed E-state index contributed by atoms with van der Waals surface area (Å²) in [5.41, 5.74) is -28.4. The first-order chi connectivity index (χ1) is 38.5. The second-order valence-corrected chi connectivity index (χ2v) is 18.6. The van der Waals surface area contributed by atoms with E-state index in [4.69, 9.17) is 0 Å². The molecule has 0 fully saturated rings. The Morgan fingerprint density at radius 1 is 0.321 bits per heavy atom. The first-order valence-electron chi connectivity index (χ1n) is 23.4. The molecule has 8 aromatic rings. The van der Waals surface area contributed by atoms with Gasteiger partial charge < -0.3 is 0 Å². The molecule has 0 saturated carbocycles. The zero-order chi connectivity index (χ0) is 62.6. The van der Waals surface area contributed by atoms with Crippen molar-refractivity contribution in [1.82, 2.24) is 0 Å². The van der Waals surface area contributed by atoms with Gasteiger partial charge in [0.2, 0.25) is 12.3 Å². The van der Waals surface area contributed by atoms with Gasteiger partial charge in [-0.3, -0.25) is 9.59 Å². The molecule has 7 aromatic carbocycles. The van der Waals surface area contributed by atoms with E-state index in [1.54, 1.807) is 28.8 Å². The van der Waals surface area contributed by atoms with Crippen molar-refractivity contribution in [3.63, 3.8) is 0 Å². The van der Waals surface area contributed by atoms with Gasteiger partial charge >= 0.3 is 49.4 Å². The van der Waals surface area contributed by atoms with Crippen LogP contribution in [0.5, 0.6) is 0 Å². The van der Waals surface area contributed by atoms with Gasteiger partial charge in [0, 0.05) is 17.2 Å². The van der Waals surface area contributed by atoms with E-state index in [-0.39, 0.29) is 18.1 Å². The SMILES string of the molecule is FC(F)(F)c1cc([B-](c2cc(C(F)(F)F)cc(C(F)(F)F)c2)(c2cc(C(F)(F)F)cc(C(F)(F)F)c2)c2cc(C(F)(F)F)cc(C(F)(F)F)c2)cc(C(F)(F)F)c1.O=C(C[n+]1ccc2ccccc2c1C(=O)c1ccccc1)c1ccccc1. The van der Waals surface area contributed by atoms with Gasteiger partial charge in [-0.1, -0.05) is 127 Å². The fraction of sp³-hybridized carbons (Fsp3) is 0.161. The molecule has 1 aromatic heterocycles. The van der Waals surface area contributed by atoms with Gasteiger partial charge in [0.05, 0.1) is 49.9 Å². The minimum atomic E-state index is -6.13. The molecule has 0 aliphatic rings. The molecule has 84 heavy (non-hydrogen) atoms. The predicted octanol–water partition coefficient (Wildman–Crippen LogP) is 15.5. The number of fused-ring (bicyclic) bond motifs is 1. The highest BCUT2D eigenvalue weighted by molar-refractivity contribution is 7.20. The summed E-state index contributed by atoms with van der Waals surface area (Å²) < 4.78 is 343. The summed E-state index contributed by atoms with van der Waals surface area (Å²) in [6, 6.07) is 19.2. The number of ketones is 2. The monoisotopic (exact) mass is 1220 g/mol. The van der Waals surface area contributed by atoms with Crippen LogP contribution in [-0.2, 0) is 56.0 Å². The second kappa shape index (κ2) is 22.3. The predicted molar refractivity (Wildman–Crippen MR) is 255 cm³/mol. The van der Waals surface area contributed by atoms with Crippen molar-refractivity contribution in [3.05, 3.63) is 231 Å². The lowest BCUT2D eigenvalue weighted by molar-refractivity contribution is -0.683. The Bertz CT molecular complexity index is 3310. The molecule has 1 heterocycles. The fourth-order valence-electron chi connectivity index (χ4n) is 9.31. The van der Waals surface area contributed by atoms with E-state index in [0.29, 0.717) is 16.8 Å². The maximum atomic E-state index is 14.2. The number of aromatic nitrogens is 1. The lowest BCUT2D eigenvalue weighted by Gasteiger charge is -2.46. The third kappa shape index (κ3) is 13.8. The van der Waals surface area contributed by atoms with Crippen LogP contribution in [0.15, 0.2) is 170 Å². The third-order valence-corrected chi connectivity index (χ3v) is 13.0. The summed E-state index contributed by atoms with van der Waals surface area (Å²) in [5.74, 6) is -0.119. The van der Waals surface area contributed by atoms with Gasteiger partial charge in [0.1, 0.15) is 6.15 Å². The Kier molecular flexibility index (Phi) is 16.8. The van der Waals surface area contributed by atoms with Crippen LogP contribution in [0.2, 0.25) is 0 Å². The molecule has 0 spiro atoms. The molecule has 0 saturated heterocycles. The van der Waals surface area contributed by atoms with Crippen LogP contribution in [0.1, 0.15) is 70.9 Å². The molecule has 0 aliphatic carbocycles. The zero-order valence-corrected chi connectivity index (χ0v) is 41.3. The number of rotatable bonds is 9. The highest BCUT2D eigenvalue weighted by Crippen LogP contribution is 2.41. The Morgan fingerprint density at radius 3 is 0.869 bits per heavy atom. The normalized spacial score (nSPS) is 13.1. The van der Waals surface area contributed by atoms with E-state index >= 15 is 0 Å². The van der Waals surface area contributed by atoms with Crippen LogP contribution in [0.25, 0.3) is 10.8 Å². The number of carbonyl (C=O) groups excluding carboxylic acids is 2. The number of nitrogens with zero attached hydrogens (tertiary/aromatic N) is 1. The van der Waals surface area contributed by atoms with Gasteiger partial charge in [-0.05, 0) is 35.7 Å². The van der Waals surface area contributed by atoms with Crippen LogP contribution >= 0.6 is 0 Å². The molecular weight excluding hydrogens is 1190 g/mol. The molecule has 0 amide bonds. The Balaban J connectivity index is 0.000000309. The molecule has 442 valence electrons. The molecule has 0 bridgehead atoms. The lowest BCUT2D eigenvalue weighted by Crippen LogP contribution is -2.75. The maximum Gasteiger partial charge on any atom is 0.416 e. The number of Topliss-reactive ketones (excluding diaryl/α,β-unsaturated/α-hetero) is 1. The molecule has 8 rings (SSSR count). The Morgan fingerprint density at radius 2 is 0.583 bits per heavy atom. The van der Waals surface area contributed by atoms with E-state index in [1.807, 2.05) is 72.9 Å². The van der Waals surface area contributed by atoms with E-state index in [2.05, 4.69) is 0 Å². The van der Waals surface area contributed by atoms with E-state index in [0.717, 1.165) is 10.8 Å². The van der Waals surface area contributed by atoms with Crippen LogP contribution in [0.4, 0.5) is 105 Å². The van der Waals surface area contributed by atoms with E-state index in [9.17, 15) is 115 Å². The number of halogens is 24. The quantitative estimate of drug-likeness (QED) is 0.0625. The number of carbonyl (C=O) groups is 2. The first kappa shape index (κ1) is 63.3. The average Bonchev–Trinajstić information content (AvgIpc) is 0.781. The molecule has 3 nitrogen and oxygen atoms in total. The number of hydrogen-bond donors (Lipinski definition) is 0. The molecule has 0 atom stereocenters. The van der Waals surface area contributed by atoms with Crippen molar-refractivity contribution in [2.45, 2.75) is 56.0 Å². The minimum Gasteiger partial charge on any atom is -0.287 e. The summed E-state index contributed by atoms with van der Waals surface area (Å²) in [4.78, 5) is 26.0. The minimum absolute atomic E-state index is 0.0296. The van der Waals surface area contributed by atoms with E-state index in [1.165, 1.54) is 0 Å². The number of hydrogen-bond acceptors (Lipinski definition) is 2. The second-order valence-electron chi connectivity index (χ2n) is 18.6. The summed E-state index contributed by atoms with van der Waals surface area (Å²) >= 11 is 0. The third-order valence-electron chi connectivity index (χ3n) is 13.0. The summed E-state index contributed by atoms with van der Waals surface area (Å²) in [7, 11) is 0. The summed E-state index contributed by atoms with van der Waals surface area (Å²) in [6.45, 7) is 0.114. The molecular formula is C56H30BF24NO2. The molecule has 0 N–H and O–H groups in total. The number of pyridine rings is 1. The van der Waals surface area contributed by atoms with Crippen LogP contribution in [-0.4, -0.2) is 17.7 Å². The topological polar surface area (TPSA) is 38.0 Å². The van der Waals surface area contributed by atoms with Crippen molar-refractivity contribution in [2.75, 3.05) is 0 Å². The van der Waals surface area contributed by atoms with Crippen molar-refractivity contribution >= 4 is 50.3 Å². The lowest BCUT2D eigenvalue weighted by atomic mass is 9.12. The Hall–Kier alpha value is -8.33. The standard InChI is InChI=1S/C32H12BF24.C24H18NO2/c34-25(35,36)13-1-14(26(37,38)39)6-21(5-13)33(22-7-15(27(40,41)42)2-16(8-22)28(43,44)45,23-9-17(29(46,47)48)3-18(10-23)30(49,50)51)24-11-19(31(52,53)54)4-20(12-24)32(55,56)57;26-22(19-10-3-1-4-11-19)17-25-16-15-18-9-7-8-14-21(18)23(25)24(27)20-12-5-2-6-13-20/h1-12H;1-16H,17H2/q-1;+1. The van der Waals surface area contributed by atoms with Crippen LogP contribution < -0.4 is 26.4 Å².